The third-order valence-electron chi connectivity index (χ3n) is 2.61. The zero-order chi connectivity index (χ0) is 15.2. The first-order valence-electron chi connectivity index (χ1n) is 6.27. The first kappa shape index (κ1) is 14.5. The number of aromatic amines is 1. The highest BCUT2D eigenvalue weighted by Gasteiger charge is 2.11. The van der Waals surface area contributed by atoms with Crippen molar-refractivity contribution in [1.29, 1.82) is 0 Å². The normalized spacial score (nSPS) is 9.62. The molecular formula is C15H14N4O2. The van der Waals surface area contributed by atoms with Crippen LogP contribution in [0.5, 0.6) is 0 Å². The van der Waals surface area contributed by atoms with E-state index in [1.165, 1.54) is 6.07 Å². The summed E-state index contributed by atoms with van der Waals surface area (Å²) in [5, 5.41) is 2.57. The lowest BCUT2D eigenvalue weighted by atomic mass is 10.2. The lowest BCUT2D eigenvalue weighted by molar-refractivity contribution is 0.102. The number of aryl methyl sites for hydroxylation is 1. The minimum absolute atomic E-state index is 0.0286. The number of nitrogens with two attached hydrogens (primary N) is 1. The van der Waals surface area contributed by atoms with Crippen LogP contribution in [0.1, 0.15) is 21.7 Å². The van der Waals surface area contributed by atoms with Gasteiger partial charge in [-0.25, -0.2) is 4.98 Å². The Morgan fingerprint density at radius 1 is 1.38 bits per heavy atom. The van der Waals surface area contributed by atoms with Gasteiger partial charge in [0.15, 0.2) is 0 Å². The molecule has 21 heavy (non-hydrogen) atoms. The molecule has 0 saturated heterocycles. The van der Waals surface area contributed by atoms with Crippen LogP contribution in [0.25, 0.3) is 0 Å². The van der Waals surface area contributed by atoms with Gasteiger partial charge in [-0.15, -0.1) is 0 Å². The van der Waals surface area contributed by atoms with Gasteiger partial charge in [-0.2, -0.15) is 0 Å². The summed E-state index contributed by atoms with van der Waals surface area (Å²) >= 11 is 0. The number of nitrogens with one attached hydrogen (secondary N) is 2. The van der Waals surface area contributed by atoms with E-state index in [0.717, 1.165) is 0 Å². The van der Waals surface area contributed by atoms with E-state index in [4.69, 9.17) is 5.73 Å². The fraction of sp³-hybridized carbons (Fsp3) is 0.133. The molecule has 6 heteroatoms. The molecule has 2 heterocycles. The molecule has 0 atom stereocenters. The zero-order valence-corrected chi connectivity index (χ0v) is 11.4. The number of amides is 1. The molecule has 0 bridgehead atoms. The van der Waals surface area contributed by atoms with Crippen LogP contribution < -0.4 is 16.6 Å². The van der Waals surface area contributed by atoms with E-state index in [9.17, 15) is 9.59 Å². The molecule has 106 valence electrons. The predicted octanol–water partition coefficient (Wildman–Crippen LogP) is 0.641. The number of hydrogen-bond acceptors (Lipinski definition) is 4. The van der Waals surface area contributed by atoms with Crippen molar-refractivity contribution >= 4 is 11.7 Å². The maximum atomic E-state index is 12.0. The fourth-order valence-electron chi connectivity index (χ4n) is 1.65. The molecule has 2 aromatic rings. The van der Waals surface area contributed by atoms with Crippen LogP contribution in [-0.2, 0) is 0 Å². The van der Waals surface area contributed by atoms with Crippen molar-refractivity contribution in [1.82, 2.24) is 9.97 Å². The molecule has 0 unspecified atom stereocenters. The number of rotatable bonds is 2. The topological polar surface area (TPSA) is 101 Å². The Bertz CT molecular complexity index is 784. The number of H-pyrrole nitrogens is 1. The number of carbonyl (C=O) groups excluding carboxylic acids is 1. The smallest absolute Gasteiger partial charge is 0.262 e. The summed E-state index contributed by atoms with van der Waals surface area (Å²) in [4.78, 5) is 30.5. The molecule has 4 N–H and O–H groups in total. The van der Waals surface area contributed by atoms with Crippen molar-refractivity contribution in [3.8, 4) is 11.8 Å². The van der Waals surface area contributed by atoms with E-state index in [0.29, 0.717) is 17.2 Å². The Balaban J connectivity index is 2.21. The molecule has 6 nitrogen and oxygen atoms in total. The molecule has 2 aromatic heterocycles. The SMILES string of the molecule is Cc1ccc(C(=O)Nc2cccc(C#CCN)n2)c(=O)[nH]1. The third-order valence-corrected chi connectivity index (χ3v) is 2.61. The number of anilines is 1. The summed E-state index contributed by atoms with van der Waals surface area (Å²) in [5.74, 6) is 5.25. The summed E-state index contributed by atoms with van der Waals surface area (Å²) in [6.07, 6.45) is 0. The van der Waals surface area contributed by atoms with E-state index in [2.05, 4.69) is 27.1 Å². The van der Waals surface area contributed by atoms with Crippen molar-refractivity contribution in [3.63, 3.8) is 0 Å². The van der Waals surface area contributed by atoms with Crippen molar-refractivity contribution in [3.05, 3.63) is 57.6 Å². The molecule has 0 spiro atoms. The highest BCUT2D eigenvalue weighted by Crippen LogP contribution is 2.06. The molecule has 0 saturated carbocycles. The minimum atomic E-state index is -0.521. The number of pyridine rings is 2. The standard InChI is InChI=1S/C15H14N4O2/c1-10-7-8-12(14(20)17-10)15(21)19-13-6-2-4-11(18-13)5-3-9-16/h2,4,6-8H,9,16H2,1H3,(H,17,20)(H,18,19,21). The van der Waals surface area contributed by atoms with Crippen molar-refractivity contribution < 1.29 is 4.79 Å². The van der Waals surface area contributed by atoms with Gasteiger partial charge >= 0.3 is 0 Å². The highest BCUT2D eigenvalue weighted by molar-refractivity contribution is 6.03. The second-order valence-electron chi connectivity index (χ2n) is 4.25. The van der Waals surface area contributed by atoms with Gasteiger partial charge in [0.2, 0.25) is 0 Å². The molecular weight excluding hydrogens is 268 g/mol. The zero-order valence-electron chi connectivity index (χ0n) is 11.4. The maximum Gasteiger partial charge on any atom is 0.262 e. The molecule has 1 amide bonds. The summed E-state index contributed by atoms with van der Waals surface area (Å²) in [5.41, 5.74) is 6.07. The molecule has 0 aliphatic carbocycles. The van der Waals surface area contributed by atoms with Crippen LogP contribution in [0.15, 0.2) is 35.1 Å². The van der Waals surface area contributed by atoms with Crippen molar-refractivity contribution in [2.75, 3.05) is 11.9 Å². The van der Waals surface area contributed by atoms with E-state index in [-0.39, 0.29) is 12.1 Å². The Morgan fingerprint density at radius 2 is 2.19 bits per heavy atom. The van der Waals surface area contributed by atoms with E-state index < -0.39 is 11.5 Å². The van der Waals surface area contributed by atoms with Gasteiger partial charge in [0.25, 0.3) is 11.5 Å². The quantitative estimate of drug-likeness (QED) is 0.704. The average Bonchev–Trinajstić information content (AvgIpc) is 2.45. The summed E-state index contributed by atoms with van der Waals surface area (Å²) < 4.78 is 0. The van der Waals surface area contributed by atoms with E-state index in [1.54, 1.807) is 31.2 Å². The third kappa shape index (κ3) is 3.78. The second-order valence-corrected chi connectivity index (χ2v) is 4.25. The van der Waals surface area contributed by atoms with Gasteiger partial charge in [0.05, 0.1) is 6.54 Å². The summed E-state index contributed by atoms with van der Waals surface area (Å²) in [7, 11) is 0. The van der Waals surface area contributed by atoms with Crippen LogP contribution in [-0.4, -0.2) is 22.4 Å². The van der Waals surface area contributed by atoms with Gasteiger partial charge in [-0.05, 0) is 37.1 Å². The summed E-state index contributed by atoms with van der Waals surface area (Å²) in [6.45, 7) is 1.97. The van der Waals surface area contributed by atoms with Crippen LogP contribution >= 0.6 is 0 Å². The predicted molar refractivity (Wildman–Crippen MR) is 79.9 cm³/mol. The van der Waals surface area contributed by atoms with Crippen LogP contribution in [0, 0.1) is 18.8 Å². The molecule has 0 fully saturated rings. The van der Waals surface area contributed by atoms with Gasteiger partial charge < -0.3 is 16.0 Å². The monoisotopic (exact) mass is 282 g/mol. The Labute approximate surface area is 121 Å². The molecule has 0 aromatic carbocycles. The van der Waals surface area contributed by atoms with Crippen LogP contribution in [0.4, 0.5) is 5.82 Å². The molecule has 0 aliphatic rings. The minimum Gasteiger partial charge on any atom is -0.326 e. The van der Waals surface area contributed by atoms with E-state index >= 15 is 0 Å². The van der Waals surface area contributed by atoms with Crippen LogP contribution in [0.2, 0.25) is 0 Å². The Morgan fingerprint density at radius 3 is 2.90 bits per heavy atom. The Hall–Kier alpha value is -2.91. The lowest BCUT2D eigenvalue weighted by Gasteiger charge is -2.04. The second kappa shape index (κ2) is 6.50. The molecule has 2 rings (SSSR count). The Kier molecular flexibility index (Phi) is 4.49. The lowest BCUT2D eigenvalue weighted by Crippen LogP contribution is -2.23. The van der Waals surface area contributed by atoms with Crippen LogP contribution in [0.3, 0.4) is 0 Å². The summed E-state index contributed by atoms with van der Waals surface area (Å²) in [6, 6.07) is 8.17. The van der Waals surface area contributed by atoms with Gasteiger partial charge in [-0.3, -0.25) is 9.59 Å². The van der Waals surface area contributed by atoms with Crippen molar-refractivity contribution in [2.45, 2.75) is 6.92 Å². The number of nitrogens with zero attached hydrogens (tertiary/aromatic N) is 1. The highest BCUT2D eigenvalue weighted by atomic mass is 16.2. The van der Waals surface area contributed by atoms with E-state index in [1.807, 2.05) is 0 Å². The van der Waals surface area contributed by atoms with Gasteiger partial charge in [0.1, 0.15) is 17.1 Å². The first-order chi connectivity index (χ1) is 10.1. The number of carbonyl (C=O) groups is 1. The maximum absolute atomic E-state index is 12.0. The fourth-order valence-corrected chi connectivity index (χ4v) is 1.65. The van der Waals surface area contributed by atoms with Gasteiger partial charge in [0, 0.05) is 5.69 Å². The largest absolute Gasteiger partial charge is 0.326 e. The first-order valence-corrected chi connectivity index (χ1v) is 6.27. The van der Waals surface area contributed by atoms with Crippen molar-refractivity contribution in [2.24, 2.45) is 5.73 Å². The molecule has 0 radical (unpaired) electrons. The average molecular weight is 282 g/mol. The number of hydrogen-bond donors (Lipinski definition) is 3. The number of aromatic nitrogens is 2. The molecule has 0 aliphatic heterocycles. The van der Waals surface area contributed by atoms with Gasteiger partial charge in [-0.1, -0.05) is 12.0 Å².